The summed E-state index contributed by atoms with van der Waals surface area (Å²) in [7, 11) is 0. The number of Topliss-reactive ketones (excluding diaryl/α,β-unsaturated/α-hetero) is 1. The molecule has 0 spiro atoms. The van der Waals surface area contributed by atoms with Gasteiger partial charge in [-0.1, -0.05) is 35.3 Å². The third kappa shape index (κ3) is 3.33. The lowest BCUT2D eigenvalue weighted by Crippen LogP contribution is -2.07. The lowest BCUT2D eigenvalue weighted by molar-refractivity contribution is 0.0738. The van der Waals surface area contributed by atoms with Gasteiger partial charge in [-0.25, -0.2) is 4.79 Å². The summed E-state index contributed by atoms with van der Waals surface area (Å²) in [5.74, 6) is 0.0546. The van der Waals surface area contributed by atoms with E-state index in [0.717, 1.165) is 0 Å². The van der Waals surface area contributed by atoms with Crippen LogP contribution in [0, 0.1) is 6.92 Å². The van der Waals surface area contributed by atoms with Crippen molar-refractivity contribution in [1.29, 1.82) is 0 Å². The minimum atomic E-state index is -0.457. The summed E-state index contributed by atoms with van der Waals surface area (Å²) in [6, 6.07) is 11.7. The highest BCUT2D eigenvalue weighted by molar-refractivity contribution is 7.12. The Bertz CT molecular complexity index is 1110. The van der Waals surface area contributed by atoms with Crippen molar-refractivity contribution in [2.24, 2.45) is 0 Å². The van der Waals surface area contributed by atoms with Gasteiger partial charge in [0.25, 0.3) is 0 Å². The first kappa shape index (κ1) is 18.7. The number of ketones is 1. The molecule has 0 saturated heterocycles. The number of hydrogen-bond donors (Lipinski definition) is 0. The summed E-state index contributed by atoms with van der Waals surface area (Å²) in [5.41, 5.74) is 1.45. The van der Waals surface area contributed by atoms with Gasteiger partial charge in [-0.05, 0) is 48.7 Å². The first-order valence-electron chi connectivity index (χ1n) is 8.23. The molecule has 0 atom stereocenters. The number of allylic oxidation sites excluding steroid dienone is 1. The predicted octanol–water partition coefficient (Wildman–Crippen LogP) is 6.20. The lowest BCUT2D eigenvalue weighted by atomic mass is 10.1. The van der Waals surface area contributed by atoms with E-state index in [1.807, 2.05) is 0 Å². The molecule has 4 rings (SSSR count). The Morgan fingerprint density at radius 1 is 1.11 bits per heavy atom. The van der Waals surface area contributed by atoms with Gasteiger partial charge in [0.1, 0.15) is 16.4 Å². The van der Waals surface area contributed by atoms with Crippen molar-refractivity contribution in [3.8, 4) is 11.5 Å². The SMILES string of the molecule is Cc1c(OC(=O)c2cccs2)ccc2c1O/C(=C\c1c(Cl)cccc1Cl)C2=O. The summed E-state index contributed by atoms with van der Waals surface area (Å²) in [4.78, 5) is 25.4. The van der Waals surface area contributed by atoms with Crippen molar-refractivity contribution in [3.63, 3.8) is 0 Å². The first-order valence-corrected chi connectivity index (χ1v) is 9.87. The Balaban J connectivity index is 1.67. The summed E-state index contributed by atoms with van der Waals surface area (Å²) in [5, 5.41) is 2.62. The number of carbonyl (C=O) groups excluding carboxylic acids is 2. The fraction of sp³-hybridized carbons (Fsp3) is 0.0476. The molecule has 0 saturated carbocycles. The number of carbonyl (C=O) groups is 2. The van der Waals surface area contributed by atoms with Crippen LogP contribution in [0.15, 0.2) is 53.6 Å². The van der Waals surface area contributed by atoms with Gasteiger partial charge in [-0.2, -0.15) is 0 Å². The number of rotatable bonds is 3. The van der Waals surface area contributed by atoms with E-state index in [-0.39, 0.29) is 11.5 Å². The normalized spacial score (nSPS) is 14.1. The number of ether oxygens (including phenoxy) is 2. The van der Waals surface area contributed by atoms with E-state index in [1.165, 1.54) is 17.4 Å². The molecule has 2 aromatic carbocycles. The monoisotopic (exact) mass is 430 g/mol. The molecule has 4 nitrogen and oxygen atoms in total. The largest absolute Gasteiger partial charge is 0.452 e. The Morgan fingerprint density at radius 2 is 1.86 bits per heavy atom. The van der Waals surface area contributed by atoms with Crippen LogP contribution in [-0.2, 0) is 0 Å². The zero-order valence-corrected chi connectivity index (χ0v) is 16.8. The Labute approximate surface area is 174 Å². The number of hydrogen-bond acceptors (Lipinski definition) is 5. The summed E-state index contributed by atoms with van der Waals surface area (Å²) in [6.07, 6.45) is 1.52. The van der Waals surface area contributed by atoms with Crippen molar-refractivity contribution in [3.05, 3.63) is 85.2 Å². The van der Waals surface area contributed by atoms with Crippen LogP contribution in [0.25, 0.3) is 6.08 Å². The van der Waals surface area contributed by atoms with Crippen molar-refractivity contribution in [2.75, 3.05) is 0 Å². The first-order chi connectivity index (χ1) is 13.5. The van der Waals surface area contributed by atoms with E-state index < -0.39 is 5.97 Å². The minimum absolute atomic E-state index is 0.106. The number of thiophene rings is 1. The maximum atomic E-state index is 12.7. The molecule has 2 heterocycles. The third-order valence-electron chi connectivity index (χ3n) is 4.24. The van der Waals surface area contributed by atoms with Gasteiger partial charge in [0.05, 0.1) is 5.56 Å². The second-order valence-electron chi connectivity index (χ2n) is 6.01. The second kappa shape index (κ2) is 7.43. The highest BCUT2D eigenvalue weighted by atomic mass is 35.5. The van der Waals surface area contributed by atoms with Crippen molar-refractivity contribution in [2.45, 2.75) is 6.92 Å². The van der Waals surface area contributed by atoms with Crippen LogP contribution in [0.5, 0.6) is 11.5 Å². The lowest BCUT2D eigenvalue weighted by Gasteiger charge is -2.09. The van der Waals surface area contributed by atoms with Gasteiger partial charge >= 0.3 is 5.97 Å². The molecule has 140 valence electrons. The van der Waals surface area contributed by atoms with Crippen molar-refractivity contribution in [1.82, 2.24) is 0 Å². The Kier molecular flexibility index (Phi) is 4.98. The smallest absolute Gasteiger partial charge is 0.353 e. The van der Waals surface area contributed by atoms with Crippen LogP contribution in [-0.4, -0.2) is 11.8 Å². The molecule has 1 aromatic heterocycles. The van der Waals surface area contributed by atoms with Gasteiger partial charge in [-0.15, -0.1) is 11.3 Å². The van der Waals surface area contributed by atoms with Crippen molar-refractivity contribution < 1.29 is 19.1 Å². The van der Waals surface area contributed by atoms with Gasteiger partial charge < -0.3 is 9.47 Å². The summed E-state index contributed by atoms with van der Waals surface area (Å²) < 4.78 is 11.2. The minimum Gasteiger partial charge on any atom is -0.452 e. The van der Waals surface area contributed by atoms with Gasteiger partial charge in [0.2, 0.25) is 5.78 Å². The Hall–Kier alpha value is -2.60. The fourth-order valence-electron chi connectivity index (χ4n) is 2.80. The van der Waals surface area contributed by atoms with Gasteiger partial charge in [-0.3, -0.25) is 4.79 Å². The standard InChI is InChI=1S/C21H12Cl2O4S/c1-11-16(27-21(25)18-6-3-9-28-18)8-7-12-19(24)17(26-20(11)12)10-13-14(22)4-2-5-15(13)23/h2-10H,1H3/b17-10-. The zero-order chi connectivity index (χ0) is 19.8. The maximum absolute atomic E-state index is 12.7. The number of benzene rings is 2. The molecule has 0 radical (unpaired) electrons. The average molecular weight is 431 g/mol. The molecule has 0 amide bonds. The van der Waals surface area contributed by atoms with Crippen LogP contribution >= 0.6 is 34.5 Å². The molecule has 0 bridgehead atoms. The van der Waals surface area contributed by atoms with E-state index in [1.54, 1.807) is 54.8 Å². The van der Waals surface area contributed by atoms with E-state index >= 15 is 0 Å². The molecule has 3 aromatic rings. The van der Waals surface area contributed by atoms with Gasteiger partial charge in [0, 0.05) is 21.2 Å². The molecule has 0 fully saturated rings. The van der Waals surface area contributed by atoms with E-state index in [2.05, 4.69) is 0 Å². The molecule has 0 N–H and O–H groups in total. The molecular weight excluding hydrogens is 419 g/mol. The second-order valence-corrected chi connectivity index (χ2v) is 7.77. The quantitative estimate of drug-likeness (QED) is 0.282. The summed E-state index contributed by atoms with van der Waals surface area (Å²) in [6.45, 7) is 1.73. The van der Waals surface area contributed by atoms with Crippen LogP contribution in [0.2, 0.25) is 10.0 Å². The van der Waals surface area contributed by atoms with E-state index in [0.29, 0.717) is 43.1 Å². The number of halogens is 2. The molecule has 28 heavy (non-hydrogen) atoms. The molecule has 1 aliphatic heterocycles. The van der Waals surface area contributed by atoms with E-state index in [9.17, 15) is 9.59 Å². The average Bonchev–Trinajstić information content (AvgIpc) is 3.30. The molecule has 0 aliphatic carbocycles. The number of esters is 1. The van der Waals surface area contributed by atoms with Crippen LogP contribution in [0.1, 0.15) is 31.2 Å². The van der Waals surface area contributed by atoms with Crippen molar-refractivity contribution >= 4 is 52.4 Å². The summed E-state index contributed by atoms with van der Waals surface area (Å²) >= 11 is 13.6. The van der Waals surface area contributed by atoms with E-state index in [4.69, 9.17) is 32.7 Å². The molecule has 0 unspecified atom stereocenters. The molecule has 7 heteroatoms. The highest BCUT2D eigenvalue weighted by Gasteiger charge is 2.31. The molecular formula is C21H12Cl2O4S. The Morgan fingerprint density at radius 3 is 2.54 bits per heavy atom. The van der Waals surface area contributed by atoms with Crippen LogP contribution in [0.3, 0.4) is 0 Å². The zero-order valence-electron chi connectivity index (χ0n) is 14.5. The third-order valence-corrected chi connectivity index (χ3v) is 5.75. The maximum Gasteiger partial charge on any atom is 0.353 e. The highest BCUT2D eigenvalue weighted by Crippen LogP contribution is 2.40. The topological polar surface area (TPSA) is 52.6 Å². The predicted molar refractivity (Wildman–Crippen MR) is 110 cm³/mol. The van der Waals surface area contributed by atoms with Gasteiger partial charge in [0.15, 0.2) is 5.76 Å². The van der Waals surface area contributed by atoms with Crippen LogP contribution < -0.4 is 9.47 Å². The molecule has 1 aliphatic rings. The number of fused-ring (bicyclic) bond motifs is 1. The fourth-order valence-corrected chi connectivity index (χ4v) is 3.91. The van der Waals surface area contributed by atoms with Crippen LogP contribution in [0.4, 0.5) is 0 Å².